The van der Waals surface area contributed by atoms with Crippen molar-refractivity contribution in [3.05, 3.63) is 34.4 Å². The van der Waals surface area contributed by atoms with Crippen molar-refractivity contribution < 1.29 is 9.66 Å². The van der Waals surface area contributed by atoms with Crippen LogP contribution in [0.1, 0.15) is 12.8 Å². The number of halogens is 1. The second-order valence-electron chi connectivity index (χ2n) is 3.56. The fourth-order valence-electron chi connectivity index (χ4n) is 1.44. The van der Waals surface area contributed by atoms with Gasteiger partial charge in [-0.2, -0.15) is 0 Å². The van der Waals surface area contributed by atoms with Gasteiger partial charge in [-0.05, 0) is 25.0 Å². The van der Waals surface area contributed by atoms with Gasteiger partial charge in [0.2, 0.25) is 0 Å². The van der Waals surface area contributed by atoms with E-state index in [2.05, 4.69) is 15.9 Å². The summed E-state index contributed by atoms with van der Waals surface area (Å²) >= 11 is 3.48. The van der Waals surface area contributed by atoms with E-state index in [-0.39, 0.29) is 11.8 Å². The van der Waals surface area contributed by atoms with E-state index < -0.39 is 4.92 Å². The van der Waals surface area contributed by atoms with Gasteiger partial charge in [-0.15, -0.1) is 0 Å². The summed E-state index contributed by atoms with van der Waals surface area (Å²) < 4.78 is 5.60. The van der Waals surface area contributed by atoms with Crippen LogP contribution < -0.4 is 4.74 Å². The summed E-state index contributed by atoms with van der Waals surface area (Å²) in [6, 6.07) is 6.19. The Morgan fingerprint density at radius 1 is 1.33 bits per heavy atom. The van der Waals surface area contributed by atoms with Crippen molar-refractivity contribution in [1.82, 2.24) is 0 Å². The van der Waals surface area contributed by atoms with Gasteiger partial charge in [-0.3, -0.25) is 10.1 Å². The first-order valence-electron chi connectivity index (χ1n) is 4.70. The zero-order chi connectivity index (χ0) is 10.8. The fourth-order valence-corrected chi connectivity index (χ4v) is 2.27. The van der Waals surface area contributed by atoms with E-state index in [1.54, 1.807) is 12.1 Å². The topological polar surface area (TPSA) is 52.4 Å². The highest BCUT2D eigenvalue weighted by Crippen LogP contribution is 2.31. The molecule has 1 aliphatic rings. The van der Waals surface area contributed by atoms with Crippen molar-refractivity contribution in [2.24, 2.45) is 0 Å². The third kappa shape index (κ3) is 2.47. The molecule has 4 nitrogen and oxygen atoms in total. The summed E-state index contributed by atoms with van der Waals surface area (Å²) in [7, 11) is 0. The normalized spacial score (nSPS) is 24.3. The zero-order valence-corrected chi connectivity index (χ0v) is 9.51. The number of non-ortho nitro benzene ring substituents is 1. The lowest BCUT2D eigenvalue weighted by molar-refractivity contribution is -0.384. The van der Waals surface area contributed by atoms with E-state index in [4.69, 9.17) is 4.74 Å². The van der Waals surface area contributed by atoms with Crippen LogP contribution in [0.25, 0.3) is 0 Å². The Kier molecular flexibility index (Phi) is 2.90. The Labute approximate surface area is 95.5 Å². The first kappa shape index (κ1) is 10.4. The third-order valence-corrected chi connectivity index (χ3v) is 3.14. The van der Waals surface area contributed by atoms with Gasteiger partial charge in [0.1, 0.15) is 11.9 Å². The highest BCUT2D eigenvalue weighted by molar-refractivity contribution is 9.09. The van der Waals surface area contributed by atoms with Gasteiger partial charge in [0, 0.05) is 17.0 Å². The molecule has 1 aromatic rings. The van der Waals surface area contributed by atoms with Crippen LogP contribution in [-0.2, 0) is 0 Å². The van der Waals surface area contributed by atoms with Gasteiger partial charge in [0.15, 0.2) is 0 Å². The number of nitro groups is 1. The number of nitrogens with zero attached hydrogens (tertiary/aromatic N) is 1. The molecule has 0 saturated heterocycles. The maximum Gasteiger partial charge on any atom is 0.269 e. The molecule has 1 saturated carbocycles. The standard InChI is InChI=1S/C10H10BrNO3/c11-7-5-10(6-7)15-9-3-1-8(2-4-9)12(13)14/h1-4,7,10H,5-6H2. The molecule has 1 aliphatic carbocycles. The molecule has 2 rings (SSSR count). The summed E-state index contributed by atoms with van der Waals surface area (Å²) in [5.41, 5.74) is 0.0920. The number of nitro benzene ring substituents is 1. The van der Waals surface area contributed by atoms with E-state index in [1.165, 1.54) is 12.1 Å². The van der Waals surface area contributed by atoms with Crippen LogP contribution >= 0.6 is 15.9 Å². The molecule has 15 heavy (non-hydrogen) atoms. The summed E-state index contributed by atoms with van der Waals surface area (Å²) in [5, 5.41) is 10.4. The van der Waals surface area contributed by atoms with Crippen molar-refractivity contribution >= 4 is 21.6 Å². The molecular formula is C10H10BrNO3. The Balaban J connectivity index is 1.95. The van der Waals surface area contributed by atoms with E-state index in [0.717, 1.165) is 12.8 Å². The minimum Gasteiger partial charge on any atom is -0.490 e. The molecule has 0 aliphatic heterocycles. The van der Waals surface area contributed by atoms with Crippen molar-refractivity contribution in [3.8, 4) is 5.75 Å². The molecule has 0 radical (unpaired) electrons. The fraction of sp³-hybridized carbons (Fsp3) is 0.400. The lowest BCUT2D eigenvalue weighted by Crippen LogP contribution is -2.33. The molecule has 1 aromatic carbocycles. The van der Waals surface area contributed by atoms with Gasteiger partial charge >= 0.3 is 0 Å². The Morgan fingerprint density at radius 3 is 2.40 bits per heavy atom. The second-order valence-corrected chi connectivity index (χ2v) is 4.85. The first-order valence-corrected chi connectivity index (χ1v) is 5.62. The minimum atomic E-state index is -0.415. The van der Waals surface area contributed by atoms with Crippen LogP contribution in [0.5, 0.6) is 5.75 Å². The van der Waals surface area contributed by atoms with E-state index in [9.17, 15) is 10.1 Å². The van der Waals surface area contributed by atoms with Crippen molar-refractivity contribution in [1.29, 1.82) is 0 Å². The summed E-state index contributed by atoms with van der Waals surface area (Å²) in [6.07, 6.45) is 2.24. The van der Waals surface area contributed by atoms with Gasteiger partial charge in [-0.1, -0.05) is 15.9 Å². The predicted octanol–water partition coefficient (Wildman–Crippen LogP) is 2.90. The van der Waals surface area contributed by atoms with Gasteiger partial charge in [-0.25, -0.2) is 0 Å². The Morgan fingerprint density at radius 2 is 1.93 bits per heavy atom. The Hall–Kier alpha value is -1.10. The lowest BCUT2D eigenvalue weighted by atomic mass is 9.96. The van der Waals surface area contributed by atoms with Crippen LogP contribution in [0.4, 0.5) is 5.69 Å². The number of alkyl halides is 1. The molecule has 80 valence electrons. The van der Waals surface area contributed by atoms with E-state index in [1.807, 2.05) is 0 Å². The molecule has 5 heteroatoms. The average molecular weight is 272 g/mol. The highest BCUT2D eigenvalue weighted by Gasteiger charge is 2.28. The summed E-state index contributed by atoms with van der Waals surface area (Å²) in [5.74, 6) is 0.699. The smallest absolute Gasteiger partial charge is 0.269 e. The Bertz CT molecular complexity index is 359. The van der Waals surface area contributed by atoms with Crippen LogP contribution in [-0.4, -0.2) is 15.9 Å². The zero-order valence-electron chi connectivity index (χ0n) is 7.93. The molecule has 0 N–H and O–H groups in total. The molecule has 0 spiro atoms. The SMILES string of the molecule is O=[N+]([O-])c1ccc(OC2CC(Br)C2)cc1. The molecule has 0 heterocycles. The van der Waals surface area contributed by atoms with Crippen LogP contribution in [0.15, 0.2) is 24.3 Å². The summed E-state index contributed by atoms with van der Waals surface area (Å²) in [6.45, 7) is 0. The highest BCUT2D eigenvalue weighted by atomic mass is 79.9. The van der Waals surface area contributed by atoms with Crippen molar-refractivity contribution in [3.63, 3.8) is 0 Å². The lowest BCUT2D eigenvalue weighted by Gasteiger charge is -2.31. The maximum absolute atomic E-state index is 10.4. The number of hydrogen-bond donors (Lipinski definition) is 0. The average Bonchev–Trinajstić information content (AvgIpc) is 2.16. The van der Waals surface area contributed by atoms with E-state index >= 15 is 0 Å². The minimum absolute atomic E-state index is 0.0920. The van der Waals surface area contributed by atoms with Crippen LogP contribution in [0, 0.1) is 10.1 Å². The first-order chi connectivity index (χ1) is 7.15. The number of ether oxygens (including phenoxy) is 1. The monoisotopic (exact) mass is 271 g/mol. The van der Waals surface area contributed by atoms with Crippen LogP contribution in [0.2, 0.25) is 0 Å². The van der Waals surface area contributed by atoms with E-state index in [0.29, 0.717) is 10.6 Å². The molecule has 0 unspecified atom stereocenters. The molecule has 0 atom stereocenters. The number of benzene rings is 1. The molecule has 1 fully saturated rings. The molecule has 0 amide bonds. The predicted molar refractivity (Wildman–Crippen MR) is 59.5 cm³/mol. The third-order valence-electron chi connectivity index (χ3n) is 2.39. The quantitative estimate of drug-likeness (QED) is 0.483. The van der Waals surface area contributed by atoms with Gasteiger partial charge in [0.25, 0.3) is 5.69 Å². The molecule has 0 aromatic heterocycles. The maximum atomic E-state index is 10.4. The number of hydrogen-bond acceptors (Lipinski definition) is 3. The largest absolute Gasteiger partial charge is 0.490 e. The second kappa shape index (κ2) is 4.18. The van der Waals surface area contributed by atoms with Gasteiger partial charge in [0.05, 0.1) is 4.92 Å². The van der Waals surface area contributed by atoms with Crippen molar-refractivity contribution in [2.75, 3.05) is 0 Å². The van der Waals surface area contributed by atoms with Crippen LogP contribution in [0.3, 0.4) is 0 Å². The van der Waals surface area contributed by atoms with Gasteiger partial charge < -0.3 is 4.74 Å². The molecule has 0 bridgehead atoms. The van der Waals surface area contributed by atoms with Crippen molar-refractivity contribution in [2.45, 2.75) is 23.8 Å². The number of rotatable bonds is 3. The summed E-state index contributed by atoms with van der Waals surface area (Å²) in [4.78, 5) is 10.5. The molecular weight excluding hydrogens is 262 g/mol.